The Labute approximate surface area is 74.4 Å². The van der Waals surface area contributed by atoms with E-state index < -0.39 is 8.25 Å². The molecule has 0 saturated carbocycles. The van der Waals surface area contributed by atoms with E-state index in [9.17, 15) is 4.57 Å². The summed E-state index contributed by atoms with van der Waals surface area (Å²) in [4.78, 5) is 8.42. The van der Waals surface area contributed by atoms with E-state index >= 15 is 0 Å². The molecular formula is C8H17O3P. The second kappa shape index (κ2) is 7.38. The molecule has 0 aromatic rings. The molecular weight excluding hydrogens is 175 g/mol. The summed E-state index contributed by atoms with van der Waals surface area (Å²) >= 11 is 0. The molecule has 0 aromatic carbocycles. The predicted octanol–water partition coefficient (Wildman–Crippen LogP) is 2.87. The third kappa shape index (κ3) is 6.44. The van der Waals surface area contributed by atoms with Gasteiger partial charge in [0.05, 0.1) is 6.26 Å². The minimum absolute atomic E-state index is 0.947. The van der Waals surface area contributed by atoms with E-state index in [1.165, 1.54) is 6.26 Å². The van der Waals surface area contributed by atoms with Crippen molar-refractivity contribution in [3.63, 3.8) is 0 Å². The lowest BCUT2D eigenvalue weighted by molar-refractivity contribution is 0.373. The first-order chi connectivity index (χ1) is 5.70. The molecule has 1 unspecified atom stereocenters. The maximum Gasteiger partial charge on any atom is 0.364 e. The van der Waals surface area contributed by atoms with E-state index in [1.807, 2.05) is 0 Å². The summed E-state index contributed by atoms with van der Waals surface area (Å²) < 4.78 is 14.8. The third-order valence-electron chi connectivity index (χ3n) is 1.47. The van der Waals surface area contributed by atoms with Crippen LogP contribution in [0.3, 0.4) is 0 Å². The molecule has 0 heterocycles. The third-order valence-corrected chi connectivity index (χ3v) is 1.79. The summed E-state index contributed by atoms with van der Waals surface area (Å²) in [6.07, 6.45) is 5.42. The zero-order valence-electron chi connectivity index (χ0n) is 7.67. The molecule has 0 aliphatic heterocycles. The zero-order chi connectivity index (χ0) is 9.40. The number of allylic oxidation sites excluding steroid dienone is 1. The standard InChI is InChI=1S/C8H17O3P/c1-3-5-8(6-4-2)7-11-12(9)10/h7,12H,3-6H2,1-2H3,(H,9,10). The van der Waals surface area contributed by atoms with Crippen molar-refractivity contribution < 1.29 is 14.0 Å². The van der Waals surface area contributed by atoms with Crippen LogP contribution in [-0.2, 0) is 9.09 Å². The van der Waals surface area contributed by atoms with E-state index in [4.69, 9.17) is 4.89 Å². The van der Waals surface area contributed by atoms with Gasteiger partial charge in [-0.25, -0.2) is 4.57 Å². The first-order valence-electron chi connectivity index (χ1n) is 4.28. The average molecular weight is 192 g/mol. The lowest BCUT2D eigenvalue weighted by Crippen LogP contribution is -1.83. The Morgan fingerprint density at radius 2 is 1.92 bits per heavy atom. The van der Waals surface area contributed by atoms with E-state index in [0.717, 1.165) is 31.3 Å². The van der Waals surface area contributed by atoms with Crippen molar-refractivity contribution in [1.29, 1.82) is 0 Å². The second-order valence-corrected chi connectivity index (χ2v) is 3.43. The van der Waals surface area contributed by atoms with Crippen LogP contribution in [0.5, 0.6) is 0 Å². The van der Waals surface area contributed by atoms with Crippen LogP contribution in [0.25, 0.3) is 0 Å². The van der Waals surface area contributed by atoms with Crippen LogP contribution < -0.4 is 0 Å². The average Bonchev–Trinajstić information content (AvgIpc) is 2.01. The Kier molecular flexibility index (Phi) is 7.22. The Bertz CT molecular complexity index is 158. The highest BCUT2D eigenvalue weighted by atomic mass is 31.1. The second-order valence-electron chi connectivity index (χ2n) is 2.66. The Morgan fingerprint density at radius 1 is 1.42 bits per heavy atom. The first kappa shape index (κ1) is 11.7. The van der Waals surface area contributed by atoms with E-state index in [-0.39, 0.29) is 0 Å². The van der Waals surface area contributed by atoms with Gasteiger partial charge in [-0.05, 0) is 18.4 Å². The zero-order valence-corrected chi connectivity index (χ0v) is 8.67. The summed E-state index contributed by atoms with van der Waals surface area (Å²) in [5.74, 6) is 0. The minimum Gasteiger partial charge on any atom is -0.434 e. The first-order valence-corrected chi connectivity index (χ1v) is 5.54. The lowest BCUT2D eigenvalue weighted by atomic mass is 10.1. The molecule has 12 heavy (non-hydrogen) atoms. The van der Waals surface area contributed by atoms with Crippen molar-refractivity contribution in [1.82, 2.24) is 0 Å². The largest absolute Gasteiger partial charge is 0.434 e. The molecule has 1 atom stereocenters. The summed E-state index contributed by atoms with van der Waals surface area (Å²) in [6.45, 7) is 4.15. The molecule has 3 nitrogen and oxygen atoms in total. The van der Waals surface area contributed by atoms with Crippen molar-refractivity contribution in [2.24, 2.45) is 0 Å². The number of hydrogen-bond acceptors (Lipinski definition) is 2. The highest BCUT2D eigenvalue weighted by molar-refractivity contribution is 7.32. The van der Waals surface area contributed by atoms with Crippen LogP contribution in [0.2, 0.25) is 0 Å². The smallest absolute Gasteiger partial charge is 0.364 e. The highest BCUT2D eigenvalue weighted by Gasteiger charge is 1.96. The molecule has 0 aliphatic carbocycles. The molecule has 0 radical (unpaired) electrons. The summed E-state index contributed by atoms with van der Waals surface area (Å²) in [5, 5.41) is 0. The topological polar surface area (TPSA) is 46.5 Å². The normalized spacial score (nSPS) is 12.2. The van der Waals surface area contributed by atoms with Gasteiger partial charge in [0.2, 0.25) is 0 Å². The minimum atomic E-state index is -2.79. The van der Waals surface area contributed by atoms with Gasteiger partial charge in [-0.3, -0.25) is 0 Å². The summed E-state index contributed by atoms with van der Waals surface area (Å²) in [6, 6.07) is 0. The maximum absolute atomic E-state index is 10.2. The predicted molar refractivity (Wildman–Crippen MR) is 50.2 cm³/mol. The molecule has 0 bridgehead atoms. The van der Waals surface area contributed by atoms with Crippen molar-refractivity contribution in [3.05, 3.63) is 11.8 Å². The van der Waals surface area contributed by atoms with Crippen LogP contribution >= 0.6 is 8.25 Å². The number of rotatable bonds is 6. The van der Waals surface area contributed by atoms with Gasteiger partial charge in [0, 0.05) is 0 Å². The SMILES string of the molecule is CCCC(=CO[PH](=O)O)CCC. The Balaban J connectivity index is 3.89. The molecule has 0 saturated heterocycles. The van der Waals surface area contributed by atoms with Crippen LogP contribution in [0.15, 0.2) is 11.8 Å². The van der Waals surface area contributed by atoms with Crippen LogP contribution in [0.1, 0.15) is 39.5 Å². The summed E-state index contributed by atoms with van der Waals surface area (Å²) in [7, 11) is -2.79. The molecule has 72 valence electrons. The molecule has 0 aromatic heterocycles. The quantitative estimate of drug-likeness (QED) is 0.520. The molecule has 0 amide bonds. The fraction of sp³-hybridized carbons (Fsp3) is 0.750. The molecule has 0 spiro atoms. The molecule has 4 heteroatoms. The fourth-order valence-corrected chi connectivity index (χ4v) is 1.29. The monoisotopic (exact) mass is 192 g/mol. The van der Waals surface area contributed by atoms with Gasteiger partial charge in [-0.15, -0.1) is 0 Å². The highest BCUT2D eigenvalue weighted by Crippen LogP contribution is 2.19. The maximum atomic E-state index is 10.2. The van der Waals surface area contributed by atoms with Gasteiger partial charge in [-0.2, -0.15) is 0 Å². The summed E-state index contributed by atoms with van der Waals surface area (Å²) in [5.41, 5.74) is 1.12. The molecule has 0 fully saturated rings. The van der Waals surface area contributed by atoms with Crippen molar-refractivity contribution in [3.8, 4) is 0 Å². The van der Waals surface area contributed by atoms with E-state index in [1.54, 1.807) is 0 Å². The van der Waals surface area contributed by atoms with Crippen molar-refractivity contribution in [2.75, 3.05) is 0 Å². The van der Waals surface area contributed by atoms with Crippen LogP contribution in [0, 0.1) is 0 Å². The van der Waals surface area contributed by atoms with Gasteiger partial charge in [-0.1, -0.05) is 26.7 Å². The van der Waals surface area contributed by atoms with Gasteiger partial charge in [0.15, 0.2) is 0 Å². The molecule has 0 aliphatic rings. The van der Waals surface area contributed by atoms with Crippen molar-refractivity contribution >= 4 is 8.25 Å². The Morgan fingerprint density at radius 3 is 2.25 bits per heavy atom. The Hall–Kier alpha value is -0.270. The van der Waals surface area contributed by atoms with Gasteiger partial charge in [0.1, 0.15) is 0 Å². The molecule has 0 rings (SSSR count). The van der Waals surface area contributed by atoms with Gasteiger partial charge >= 0.3 is 8.25 Å². The van der Waals surface area contributed by atoms with Gasteiger partial charge < -0.3 is 9.42 Å². The fourth-order valence-electron chi connectivity index (χ4n) is 1.02. The van der Waals surface area contributed by atoms with Crippen LogP contribution in [0.4, 0.5) is 0 Å². The van der Waals surface area contributed by atoms with Crippen LogP contribution in [-0.4, -0.2) is 4.89 Å². The molecule has 1 N–H and O–H groups in total. The van der Waals surface area contributed by atoms with Gasteiger partial charge in [0.25, 0.3) is 0 Å². The lowest BCUT2D eigenvalue weighted by Gasteiger charge is -2.03. The van der Waals surface area contributed by atoms with Crippen molar-refractivity contribution in [2.45, 2.75) is 39.5 Å². The van der Waals surface area contributed by atoms with E-state index in [2.05, 4.69) is 18.4 Å². The number of hydrogen-bond donors (Lipinski definition) is 1. The van der Waals surface area contributed by atoms with E-state index in [0.29, 0.717) is 0 Å².